The van der Waals surface area contributed by atoms with Gasteiger partial charge in [0.05, 0.1) is 12.0 Å². The number of methoxy groups -OCH3 is 1. The maximum absolute atomic E-state index is 14.1. The van der Waals surface area contributed by atoms with Crippen LogP contribution in [0.15, 0.2) is 95.4 Å². The fourth-order valence-corrected chi connectivity index (χ4v) is 7.75. The van der Waals surface area contributed by atoms with Crippen molar-refractivity contribution in [3.8, 4) is 5.75 Å². The number of allylic oxidation sites excluding steroid dienone is 1. The Morgan fingerprint density at radius 2 is 1.57 bits per heavy atom. The summed E-state index contributed by atoms with van der Waals surface area (Å²) in [6.45, 7) is 1.87. The average molecular weight is 644 g/mol. The van der Waals surface area contributed by atoms with Gasteiger partial charge in [-0.2, -0.15) is 4.31 Å². The second-order valence-corrected chi connectivity index (χ2v) is 14.0. The SMILES string of the molecule is COc1ccc(CN(C(=O)CCc2ccc(S(=O)(=O)N3CCCC3)cc2)[C@@H](C(=O)NCCC2=CCCCC2)c2ccccc2)cc1. The van der Waals surface area contributed by atoms with Gasteiger partial charge in [0.25, 0.3) is 0 Å². The molecule has 0 radical (unpaired) electrons. The minimum Gasteiger partial charge on any atom is -0.497 e. The summed E-state index contributed by atoms with van der Waals surface area (Å²) >= 11 is 0. The largest absolute Gasteiger partial charge is 0.497 e. The van der Waals surface area contributed by atoms with Gasteiger partial charge < -0.3 is 15.0 Å². The van der Waals surface area contributed by atoms with E-state index in [0.717, 1.165) is 48.8 Å². The fraction of sp³-hybridized carbons (Fsp3) is 0.405. The van der Waals surface area contributed by atoms with E-state index < -0.39 is 16.1 Å². The molecular weight excluding hydrogens is 598 g/mol. The van der Waals surface area contributed by atoms with Gasteiger partial charge in [0.15, 0.2) is 0 Å². The number of ether oxygens (including phenoxy) is 1. The molecule has 1 heterocycles. The van der Waals surface area contributed by atoms with Crippen LogP contribution in [0.4, 0.5) is 0 Å². The third-order valence-corrected chi connectivity index (χ3v) is 10.8. The average Bonchev–Trinajstić information content (AvgIpc) is 3.65. The highest BCUT2D eigenvalue weighted by Crippen LogP contribution is 2.27. The van der Waals surface area contributed by atoms with Gasteiger partial charge in [-0.05, 0) is 92.3 Å². The first-order valence-electron chi connectivity index (χ1n) is 16.4. The number of rotatable bonds is 14. The van der Waals surface area contributed by atoms with Crippen LogP contribution in [-0.2, 0) is 32.6 Å². The number of carbonyl (C=O) groups is 2. The van der Waals surface area contributed by atoms with Gasteiger partial charge in [-0.25, -0.2) is 8.42 Å². The molecule has 0 bridgehead atoms. The summed E-state index contributed by atoms with van der Waals surface area (Å²) in [4.78, 5) is 30.0. The topological polar surface area (TPSA) is 96.0 Å². The number of hydrogen-bond donors (Lipinski definition) is 1. The molecular formula is C37H45N3O5S. The van der Waals surface area contributed by atoms with Crippen molar-refractivity contribution in [2.24, 2.45) is 0 Å². The quantitative estimate of drug-likeness (QED) is 0.212. The number of sulfonamides is 1. The molecule has 0 spiro atoms. The van der Waals surface area contributed by atoms with E-state index in [1.807, 2.05) is 54.6 Å². The Labute approximate surface area is 273 Å². The normalized spacial score (nSPS) is 16.0. The lowest BCUT2D eigenvalue weighted by Crippen LogP contribution is -2.43. The van der Waals surface area contributed by atoms with Crippen molar-refractivity contribution in [3.63, 3.8) is 0 Å². The van der Waals surface area contributed by atoms with Gasteiger partial charge >= 0.3 is 0 Å². The summed E-state index contributed by atoms with van der Waals surface area (Å²) in [7, 11) is -1.90. The molecule has 2 amide bonds. The zero-order valence-electron chi connectivity index (χ0n) is 26.7. The fourth-order valence-electron chi connectivity index (χ4n) is 6.23. The van der Waals surface area contributed by atoms with Crippen LogP contribution in [0.25, 0.3) is 0 Å². The second kappa shape index (κ2) is 16.1. The molecule has 8 nitrogen and oxygen atoms in total. The van der Waals surface area contributed by atoms with Crippen molar-refractivity contribution in [1.82, 2.24) is 14.5 Å². The monoisotopic (exact) mass is 643 g/mol. The lowest BCUT2D eigenvalue weighted by atomic mass is 9.97. The first kappa shape index (κ1) is 33.4. The number of benzene rings is 3. The minimum absolute atomic E-state index is 0.163. The first-order chi connectivity index (χ1) is 22.3. The molecule has 1 aliphatic carbocycles. The molecule has 5 rings (SSSR count). The van der Waals surface area contributed by atoms with Gasteiger partial charge in [0, 0.05) is 32.6 Å². The molecule has 1 saturated heterocycles. The third kappa shape index (κ3) is 8.65. The van der Waals surface area contributed by atoms with Crippen molar-refractivity contribution in [3.05, 3.63) is 107 Å². The Bertz CT molecular complexity index is 1580. The number of nitrogens with one attached hydrogen (secondary N) is 1. The first-order valence-corrected chi connectivity index (χ1v) is 17.8. The Balaban J connectivity index is 1.35. The molecule has 244 valence electrons. The molecule has 46 heavy (non-hydrogen) atoms. The lowest BCUT2D eigenvalue weighted by molar-refractivity contribution is -0.141. The minimum atomic E-state index is -3.51. The second-order valence-electron chi connectivity index (χ2n) is 12.1. The molecule has 3 aromatic rings. The number of amides is 2. The van der Waals surface area contributed by atoms with Crippen molar-refractivity contribution < 1.29 is 22.7 Å². The number of carbonyl (C=O) groups excluding carboxylic acids is 2. The van der Waals surface area contributed by atoms with E-state index in [2.05, 4.69) is 11.4 Å². The van der Waals surface area contributed by atoms with Crippen LogP contribution in [0.3, 0.4) is 0 Å². The van der Waals surface area contributed by atoms with Crippen LogP contribution in [0.5, 0.6) is 5.75 Å². The smallest absolute Gasteiger partial charge is 0.247 e. The van der Waals surface area contributed by atoms with Crippen molar-refractivity contribution in [2.75, 3.05) is 26.7 Å². The Morgan fingerprint density at radius 3 is 2.22 bits per heavy atom. The van der Waals surface area contributed by atoms with E-state index in [1.54, 1.807) is 36.3 Å². The predicted octanol–water partition coefficient (Wildman–Crippen LogP) is 6.19. The van der Waals surface area contributed by atoms with E-state index in [-0.39, 0.29) is 29.7 Å². The van der Waals surface area contributed by atoms with Gasteiger partial charge in [-0.15, -0.1) is 0 Å². The third-order valence-electron chi connectivity index (χ3n) is 8.89. The predicted molar refractivity (Wildman–Crippen MR) is 180 cm³/mol. The van der Waals surface area contributed by atoms with E-state index in [9.17, 15) is 18.0 Å². The van der Waals surface area contributed by atoms with Crippen molar-refractivity contribution in [2.45, 2.75) is 75.3 Å². The van der Waals surface area contributed by atoms with Crippen LogP contribution in [-0.4, -0.2) is 56.2 Å². The number of hydrogen-bond acceptors (Lipinski definition) is 5. The van der Waals surface area contributed by atoms with E-state index in [0.29, 0.717) is 31.8 Å². The zero-order chi connectivity index (χ0) is 32.4. The van der Waals surface area contributed by atoms with Crippen LogP contribution in [0.2, 0.25) is 0 Å². The van der Waals surface area contributed by atoms with E-state index in [1.165, 1.54) is 22.7 Å². The van der Waals surface area contributed by atoms with Crippen LogP contribution < -0.4 is 10.1 Å². The molecule has 1 N–H and O–H groups in total. The molecule has 2 aliphatic rings. The van der Waals surface area contributed by atoms with E-state index >= 15 is 0 Å². The van der Waals surface area contributed by atoms with Crippen LogP contribution in [0, 0.1) is 0 Å². The zero-order valence-corrected chi connectivity index (χ0v) is 27.5. The molecule has 0 unspecified atom stereocenters. The highest BCUT2D eigenvalue weighted by atomic mass is 32.2. The molecule has 3 aromatic carbocycles. The molecule has 0 aromatic heterocycles. The van der Waals surface area contributed by atoms with E-state index in [4.69, 9.17) is 4.74 Å². The summed E-state index contributed by atoms with van der Waals surface area (Å²) in [5.41, 5.74) is 3.87. The van der Waals surface area contributed by atoms with Gasteiger partial charge in [-0.1, -0.05) is 66.2 Å². The van der Waals surface area contributed by atoms with Crippen LogP contribution >= 0.6 is 0 Å². The summed E-state index contributed by atoms with van der Waals surface area (Å²) in [6.07, 6.45) is 10.0. The maximum Gasteiger partial charge on any atom is 0.247 e. The van der Waals surface area contributed by atoms with Gasteiger partial charge in [0.2, 0.25) is 21.8 Å². The molecule has 9 heteroatoms. The summed E-state index contributed by atoms with van der Waals surface area (Å²) in [5.74, 6) is 0.343. The Hall–Kier alpha value is -3.95. The number of aryl methyl sites for hydroxylation is 1. The standard InChI is InChI=1S/C37H45N3O5S/c1-45-33-19-14-31(15-20-33)28-40(35(41)23-18-30-16-21-34(22-17-30)46(43,44)39-26-8-9-27-39)36(32-12-6-3-7-13-32)37(42)38-25-24-29-10-4-2-5-11-29/h3,6-7,10,12-17,19-22,36H,2,4-5,8-9,11,18,23-28H2,1H3,(H,38,42)/t36-/m1/s1. The Kier molecular flexibility index (Phi) is 11.7. The van der Waals surface area contributed by atoms with Gasteiger partial charge in [0.1, 0.15) is 11.8 Å². The number of nitrogens with zero attached hydrogens (tertiary/aromatic N) is 2. The van der Waals surface area contributed by atoms with Crippen molar-refractivity contribution >= 4 is 21.8 Å². The lowest BCUT2D eigenvalue weighted by Gasteiger charge is -2.32. The summed E-state index contributed by atoms with van der Waals surface area (Å²) < 4.78 is 32.8. The molecule has 1 aliphatic heterocycles. The van der Waals surface area contributed by atoms with Crippen LogP contribution in [0.1, 0.15) is 74.1 Å². The highest BCUT2D eigenvalue weighted by Gasteiger charge is 2.32. The highest BCUT2D eigenvalue weighted by molar-refractivity contribution is 7.89. The van der Waals surface area contributed by atoms with Crippen molar-refractivity contribution in [1.29, 1.82) is 0 Å². The van der Waals surface area contributed by atoms with Gasteiger partial charge in [-0.3, -0.25) is 9.59 Å². The maximum atomic E-state index is 14.1. The molecule has 1 fully saturated rings. The summed E-state index contributed by atoms with van der Waals surface area (Å²) in [6, 6.07) is 23.0. The molecule has 0 saturated carbocycles. The summed E-state index contributed by atoms with van der Waals surface area (Å²) in [5, 5.41) is 3.13. The Morgan fingerprint density at radius 1 is 0.870 bits per heavy atom. The molecule has 1 atom stereocenters.